The second-order valence-corrected chi connectivity index (χ2v) is 3.37. The number of ether oxygens (including phenoxy) is 1. The first kappa shape index (κ1) is 9.86. The minimum atomic E-state index is -2.49. The lowest BCUT2D eigenvalue weighted by Gasteiger charge is -2.19. The molecule has 0 aliphatic heterocycles. The van der Waals surface area contributed by atoms with Gasteiger partial charge in [-0.25, -0.2) is 8.78 Å². The first-order valence-electron chi connectivity index (χ1n) is 4.20. The fourth-order valence-electron chi connectivity index (χ4n) is 1.78. The fraction of sp³-hybridized carbons (Fsp3) is 1.00. The van der Waals surface area contributed by atoms with Crippen molar-refractivity contribution in [3.63, 3.8) is 0 Å². The van der Waals surface area contributed by atoms with Crippen molar-refractivity contribution in [2.24, 2.45) is 11.7 Å². The van der Waals surface area contributed by atoms with Crippen molar-refractivity contribution in [1.82, 2.24) is 0 Å². The van der Waals surface area contributed by atoms with Crippen LogP contribution in [0.3, 0.4) is 0 Å². The van der Waals surface area contributed by atoms with Crippen molar-refractivity contribution in [2.45, 2.75) is 31.3 Å². The van der Waals surface area contributed by atoms with Gasteiger partial charge in [-0.2, -0.15) is 0 Å². The highest BCUT2D eigenvalue weighted by Gasteiger charge is 2.42. The molecule has 1 saturated carbocycles. The smallest absolute Gasteiger partial charge is 0.248 e. The molecule has 0 heterocycles. The minimum Gasteiger partial charge on any atom is -0.380 e. The van der Waals surface area contributed by atoms with Gasteiger partial charge in [0.05, 0.1) is 6.10 Å². The number of rotatable bonds is 3. The Balaban J connectivity index is 2.45. The van der Waals surface area contributed by atoms with Crippen molar-refractivity contribution < 1.29 is 13.5 Å². The van der Waals surface area contributed by atoms with E-state index in [4.69, 9.17) is 10.5 Å². The summed E-state index contributed by atoms with van der Waals surface area (Å²) in [6, 6.07) is 0. The third-order valence-electron chi connectivity index (χ3n) is 2.50. The lowest BCUT2D eigenvalue weighted by atomic mass is 10.0. The first-order chi connectivity index (χ1) is 5.59. The van der Waals surface area contributed by atoms with Crippen molar-refractivity contribution in [2.75, 3.05) is 13.7 Å². The summed E-state index contributed by atoms with van der Waals surface area (Å²) < 4.78 is 30.5. The van der Waals surface area contributed by atoms with Crippen LogP contribution in [0, 0.1) is 5.92 Å². The molecule has 0 aromatic rings. The van der Waals surface area contributed by atoms with Crippen molar-refractivity contribution in [3.8, 4) is 0 Å². The molecule has 0 aromatic carbocycles. The van der Waals surface area contributed by atoms with E-state index in [9.17, 15) is 8.78 Å². The summed E-state index contributed by atoms with van der Waals surface area (Å²) in [5, 5.41) is 0. The second-order valence-electron chi connectivity index (χ2n) is 3.37. The molecule has 0 saturated heterocycles. The second kappa shape index (κ2) is 3.66. The maximum Gasteiger partial charge on any atom is 0.248 e. The summed E-state index contributed by atoms with van der Waals surface area (Å²) in [5.74, 6) is -2.55. The van der Waals surface area contributed by atoms with Crippen LogP contribution < -0.4 is 5.73 Å². The predicted octanol–water partition coefficient (Wildman–Crippen LogP) is 1.40. The van der Waals surface area contributed by atoms with Crippen LogP contribution in [0.2, 0.25) is 0 Å². The summed E-state index contributed by atoms with van der Waals surface area (Å²) in [6.07, 6.45) is 0.251. The zero-order chi connectivity index (χ0) is 9.19. The largest absolute Gasteiger partial charge is 0.380 e. The van der Waals surface area contributed by atoms with Crippen LogP contribution >= 0.6 is 0 Å². The van der Waals surface area contributed by atoms with E-state index in [1.807, 2.05) is 0 Å². The highest BCUT2D eigenvalue weighted by atomic mass is 19.3. The van der Waals surface area contributed by atoms with E-state index in [1.54, 1.807) is 0 Å². The molecule has 2 N–H and O–H groups in total. The van der Waals surface area contributed by atoms with E-state index in [0.29, 0.717) is 13.0 Å². The van der Waals surface area contributed by atoms with Gasteiger partial charge in [-0.15, -0.1) is 0 Å². The van der Waals surface area contributed by atoms with Crippen molar-refractivity contribution in [1.29, 1.82) is 0 Å². The molecule has 0 radical (unpaired) electrons. The Morgan fingerprint density at radius 2 is 2.33 bits per heavy atom. The van der Waals surface area contributed by atoms with Gasteiger partial charge in [0.25, 0.3) is 0 Å². The van der Waals surface area contributed by atoms with Crippen LogP contribution in [0.5, 0.6) is 0 Å². The average molecular weight is 179 g/mol. The molecule has 1 fully saturated rings. The minimum absolute atomic E-state index is 0.0163. The Bertz CT molecular complexity index is 148. The molecule has 0 spiro atoms. The summed E-state index contributed by atoms with van der Waals surface area (Å²) in [6.45, 7) is 0.331. The lowest BCUT2D eigenvalue weighted by molar-refractivity contribution is -0.00973. The van der Waals surface area contributed by atoms with Crippen LogP contribution in [0.25, 0.3) is 0 Å². The van der Waals surface area contributed by atoms with E-state index < -0.39 is 5.92 Å². The monoisotopic (exact) mass is 179 g/mol. The Morgan fingerprint density at radius 1 is 1.67 bits per heavy atom. The van der Waals surface area contributed by atoms with Gasteiger partial charge in [0.15, 0.2) is 0 Å². The molecule has 1 aliphatic rings. The number of hydrogen-bond donors (Lipinski definition) is 1. The normalized spacial score (nSPS) is 30.5. The Labute approximate surface area is 71.1 Å². The van der Waals surface area contributed by atoms with E-state index >= 15 is 0 Å². The molecule has 2 atom stereocenters. The van der Waals surface area contributed by atoms with Crippen molar-refractivity contribution in [3.05, 3.63) is 0 Å². The van der Waals surface area contributed by atoms with Crippen LogP contribution in [0.4, 0.5) is 8.78 Å². The maximum atomic E-state index is 12.7. The predicted molar refractivity (Wildman–Crippen MR) is 42.1 cm³/mol. The first-order valence-corrected chi connectivity index (χ1v) is 4.20. The molecule has 72 valence electrons. The summed E-state index contributed by atoms with van der Waals surface area (Å²) in [4.78, 5) is 0. The van der Waals surface area contributed by atoms with Gasteiger partial charge < -0.3 is 10.5 Å². The molecule has 1 aliphatic carbocycles. The molecule has 12 heavy (non-hydrogen) atoms. The quantitative estimate of drug-likeness (QED) is 0.710. The number of halogens is 2. The molecule has 0 aromatic heterocycles. The number of methoxy groups -OCH3 is 1. The van der Waals surface area contributed by atoms with E-state index in [1.165, 1.54) is 7.11 Å². The fourth-order valence-corrected chi connectivity index (χ4v) is 1.78. The molecule has 4 heteroatoms. The molecular formula is C8H15F2NO. The van der Waals surface area contributed by atoms with Crippen LogP contribution in [-0.2, 0) is 4.74 Å². The summed E-state index contributed by atoms with van der Waals surface area (Å²) in [7, 11) is 1.52. The molecule has 2 unspecified atom stereocenters. The number of alkyl halides is 2. The van der Waals surface area contributed by atoms with Gasteiger partial charge in [0.2, 0.25) is 5.92 Å². The molecule has 1 rings (SSSR count). The van der Waals surface area contributed by atoms with Gasteiger partial charge in [0, 0.05) is 26.5 Å². The highest BCUT2D eigenvalue weighted by Crippen LogP contribution is 2.40. The van der Waals surface area contributed by atoms with Crippen LogP contribution in [0.15, 0.2) is 0 Å². The lowest BCUT2D eigenvalue weighted by Crippen LogP contribution is -2.30. The molecule has 2 nitrogen and oxygen atoms in total. The van der Waals surface area contributed by atoms with E-state index in [2.05, 4.69) is 0 Å². The van der Waals surface area contributed by atoms with Crippen LogP contribution in [-0.4, -0.2) is 25.7 Å². The number of hydrogen-bond acceptors (Lipinski definition) is 2. The standard InChI is InChI=1S/C8H15F2NO/c1-12-7(5-11)6-2-3-8(9,10)4-6/h6-7H,2-5,11H2,1H3. The van der Waals surface area contributed by atoms with Gasteiger partial charge in [-0.3, -0.25) is 0 Å². The van der Waals surface area contributed by atoms with Gasteiger partial charge in [-0.1, -0.05) is 0 Å². The zero-order valence-corrected chi connectivity index (χ0v) is 7.22. The van der Waals surface area contributed by atoms with Crippen LogP contribution in [0.1, 0.15) is 19.3 Å². The highest BCUT2D eigenvalue weighted by molar-refractivity contribution is 4.86. The Morgan fingerprint density at radius 3 is 2.67 bits per heavy atom. The summed E-state index contributed by atoms with van der Waals surface area (Å²) in [5.41, 5.74) is 5.38. The zero-order valence-electron chi connectivity index (χ0n) is 7.22. The van der Waals surface area contributed by atoms with Gasteiger partial charge in [-0.05, 0) is 12.3 Å². The number of nitrogens with two attached hydrogens (primary N) is 1. The Hall–Kier alpha value is -0.220. The third-order valence-corrected chi connectivity index (χ3v) is 2.50. The van der Waals surface area contributed by atoms with Crippen molar-refractivity contribution >= 4 is 0 Å². The SMILES string of the molecule is COC(CN)C1CCC(F)(F)C1. The maximum absolute atomic E-state index is 12.7. The third kappa shape index (κ3) is 2.14. The molecule has 0 amide bonds. The average Bonchev–Trinajstić information content (AvgIpc) is 2.34. The topological polar surface area (TPSA) is 35.2 Å². The van der Waals surface area contributed by atoms with E-state index in [0.717, 1.165) is 0 Å². The molecular weight excluding hydrogens is 164 g/mol. The summed E-state index contributed by atoms with van der Waals surface area (Å²) >= 11 is 0. The molecule has 0 bridgehead atoms. The van der Waals surface area contributed by atoms with Gasteiger partial charge in [0.1, 0.15) is 0 Å². The van der Waals surface area contributed by atoms with Gasteiger partial charge >= 0.3 is 0 Å². The van der Waals surface area contributed by atoms with E-state index in [-0.39, 0.29) is 24.9 Å². The Kier molecular flexibility index (Phi) is 3.01.